The summed E-state index contributed by atoms with van der Waals surface area (Å²) in [5.74, 6) is 0.183. The molecule has 1 amide bonds. The first-order valence-corrected chi connectivity index (χ1v) is 9.32. The number of thioether (sulfide) groups is 1. The molecule has 3 rings (SSSR count). The maximum absolute atomic E-state index is 12.3. The van der Waals surface area contributed by atoms with Crippen molar-refractivity contribution >= 4 is 46.6 Å². The fraction of sp³-hybridized carbons (Fsp3) is 0.167. The van der Waals surface area contributed by atoms with Crippen LogP contribution in [0.25, 0.3) is 5.70 Å². The molecule has 2 aromatic carbocycles. The van der Waals surface area contributed by atoms with Gasteiger partial charge in [0.15, 0.2) is 11.6 Å². The first kappa shape index (κ1) is 18.0. The SMILES string of the molecule is C[C@@H](Oc1ccc(Cl)cc1Cl)C(=O)N[C@@H]1NC(c2ccccc2)=CS1. The van der Waals surface area contributed by atoms with Crippen LogP contribution in [0.1, 0.15) is 12.5 Å². The molecule has 0 unspecified atom stereocenters. The van der Waals surface area contributed by atoms with Crippen LogP contribution in [0.5, 0.6) is 5.75 Å². The number of nitrogens with one attached hydrogen (secondary N) is 2. The van der Waals surface area contributed by atoms with Crippen LogP contribution in [-0.2, 0) is 4.79 Å². The molecule has 0 bridgehead atoms. The van der Waals surface area contributed by atoms with Crippen molar-refractivity contribution in [1.82, 2.24) is 10.6 Å². The summed E-state index contributed by atoms with van der Waals surface area (Å²) in [4.78, 5) is 12.3. The van der Waals surface area contributed by atoms with Gasteiger partial charge in [0.25, 0.3) is 5.91 Å². The van der Waals surface area contributed by atoms with Gasteiger partial charge in [0.05, 0.1) is 10.7 Å². The molecule has 0 aromatic heterocycles. The summed E-state index contributed by atoms with van der Waals surface area (Å²) in [6.07, 6.45) is -0.693. The molecule has 2 N–H and O–H groups in total. The number of benzene rings is 2. The molecular formula is C18H16Cl2N2O2S. The van der Waals surface area contributed by atoms with E-state index in [0.717, 1.165) is 11.3 Å². The Balaban J connectivity index is 1.54. The molecule has 1 aliphatic rings. The molecule has 2 atom stereocenters. The van der Waals surface area contributed by atoms with Crippen LogP contribution >= 0.6 is 35.0 Å². The second kappa shape index (κ2) is 8.04. The van der Waals surface area contributed by atoms with Crippen LogP contribution in [0.15, 0.2) is 53.9 Å². The highest BCUT2D eigenvalue weighted by atomic mass is 35.5. The van der Waals surface area contributed by atoms with E-state index >= 15 is 0 Å². The van der Waals surface area contributed by atoms with E-state index in [4.69, 9.17) is 27.9 Å². The maximum atomic E-state index is 12.3. The largest absolute Gasteiger partial charge is 0.479 e. The Morgan fingerprint density at radius 1 is 1.24 bits per heavy atom. The Labute approximate surface area is 160 Å². The molecule has 0 spiro atoms. The Morgan fingerprint density at radius 2 is 2.00 bits per heavy atom. The lowest BCUT2D eigenvalue weighted by molar-refractivity contribution is -0.127. The van der Waals surface area contributed by atoms with Gasteiger partial charge in [-0.2, -0.15) is 0 Å². The number of rotatable bonds is 5. The lowest BCUT2D eigenvalue weighted by Gasteiger charge is -2.19. The van der Waals surface area contributed by atoms with Gasteiger partial charge >= 0.3 is 0 Å². The Bertz CT molecular complexity index is 799. The van der Waals surface area contributed by atoms with Gasteiger partial charge in [0.2, 0.25) is 0 Å². The molecule has 0 radical (unpaired) electrons. The highest BCUT2D eigenvalue weighted by Crippen LogP contribution is 2.29. The zero-order chi connectivity index (χ0) is 17.8. The standard InChI is InChI=1S/C18H16Cl2N2O2S/c1-11(24-16-8-7-13(19)9-14(16)20)17(23)22-18-21-15(10-25-18)12-5-3-2-4-6-12/h2-11,18,21H,1H3,(H,22,23)/t11-,18+/m1/s1. The van der Waals surface area contributed by atoms with Gasteiger partial charge < -0.3 is 15.4 Å². The molecule has 130 valence electrons. The van der Waals surface area contributed by atoms with Crippen molar-refractivity contribution in [1.29, 1.82) is 0 Å². The lowest BCUT2D eigenvalue weighted by Crippen LogP contribution is -2.45. The first-order chi connectivity index (χ1) is 12.0. The van der Waals surface area contributed by atoms with Crippen molar-refractivity contribution in [2.24, 2.45) is 0 Å². The smallest absolute Gasteiger partial charge is 0.263 e. The second-order valence-corrected chi connectivity index (χ2v) is 7.22. The number of amides is 1. The van der Waals surface area contributed by atoms with Gasteiger partial charge in [0.1, 0.15) is 5.75 Å². The predicted molar refractivity (Wildman–Crippen MR) is 104 cm³/mol. The van der Waals surface area contributed by atoms with Gasteiger partial charge in [-0.25, -0.2) is 0 Å². The fourth-order valence-corrected chi connectivity index (χ4v) is 3.55. The summed E-state index contributed by atoms with van der Waals surface area (Å²) >= 11 is 13.4. The van der Waals surface area contributed by atoms with E-state index in [2.05, 4.69) is 10.6 Å². The molecule has 0 saturated carbocycles. The third-order valence-electron chi connectivity index (χ3n) is 3.53. The number of carbonyl (C=O) groups excluding carboxylic acids is 1. The van der Waals surface area contributed by atoms with E-state index in [1.54, 1.807) is 25.1 Å². The zero-order valence-corrected chi connectivity index (χ0v) is 15.7. The van der Waals surface area contributed by atoms with Crippen molar-refractivity contribution in [3.05, 3.63) is 69.5 Å². The molecule has 2 aromatic rings. The van der Waals surface area contributed by atoms with E-state index < -0.39 is 6.10 Å². The summed E-state index contributed by atoms with van der Waals surface area (Å²) in [5.41, 5.74) is 1.81. The monoisotopic (exact) mass is 394 g/mol. The van der Waals surface area contributed by atoms with E-state index in [-0.39, 0.29) is 11.4 Å². The number of ether oxygens (including phenoxy) is 1. The van der Waals surface area contributed by atoms with Crippen molar-refractivity contribution in [2.45, 2.75) is 18.5 Å². The molecule has 7 heteroatoms. The number of hydrogen-bond donors (Lipinski definition) is 2. The average Bonchev–Trinajstić information content (AvgIpc) is 3.06. The van der Waals surface area contributed by atoms with E-state index in [1.807, 2.05) is 35.7 Å². The van der Waals surface area contributed by atoms with Crippen molar-refractivity contribution in [2.75, 3.05) is 0 Å². The van der Waals surface area contributed by atoms with Crippen LogP contribution in [0.4, 0.5) is 0 Å². The van der Waals surface area contributed by atoms with E-state index in [1.165, 1.54) is 11.8 Å². The molecule has 0 saturated heterocycles. The van der Waals surface area contributed by atoms with Crippen molar-refractivity contribution in [3.8, 4) is 5.75 Å². The zero-order valence-electron chi connectivity index (χ0n) is 13.3. The minimum atomic E-state index is -0.693. The highest BCUT2D eigenvalue weighted by Gasteiger charge is 2.23. The van der Waals surface area contributed by atoms with Gasteiger partial charge in [0, 0.05) is 5.02 Å². The van der Waals surface area contributed by atoms with Gasteiger partial charge in [-0.1, -0.05) is 65.3 Å². The quantitative estimate of drug-likeness (QED) is 0.783. The average molecular weight is 395 g/mol. The van der Waals surface area contributed by atoms with Crippen LogP contribution in [0.3, 0.4) is 0 Å². The predicted octanol–water partition coefficient (Wildman–Crippen LogP) is 4.50. The number of hydrogen-bond acceptors (Lipinski definition) is 4. The molecule has 4 nitrogen and oxygen atoms in total. The molecule has 0 fully saturated rings. The molecule has 25 heavy (non-hydrogen) atoms. The normalized spacial score (nSPS) is 17.4. The first-order valence-electron chi connectivity index (χ1n) is 7.62. The van der Waals surface area contributed by atoms with Crippen LogP contribution in [0.2, 0.25) is 10.0 Å². The van der Waals surface area contributed by atoms with Crippen LogP contribution in [-0.4, -0.2) is 17.5 Å². The molecule has 0 aliphatic carbocycles. The third kappa shape index (κ3) is 4.63. The minimum Gasteiger partial charge on any atom is -0.479 e. The fourth-order valence-electron chi connectivity index (χ4n) is 2.25. The maximum Gasteiger partial charge on any atom is 0.263 e. The summed E-state index contributed by atoms with van der Waals surface area (Å²) < 4.78 is 5.63. The minimum absolute atomic E-state index is 0.237. The van der Waals surface area contributed by atoms with Gasteiger partial charge in [-0.3, -0.25) is 4.79 Å². The molecular weight excluding hydrogens is 379 g/mol. The second-order valence-electron chi connectivity index (χ2n) is 5.40. The van der Waals surface area contributed by atoms with Crippen molar-refractivity contribution in [3.63, 3.8) is 0 Å². The van der Waals surface area contributed by atoms with E-state index in [0.29, 0.717) is 15.8 Å². The number of carbonyl (C=O) groups is 1. The summed E-state index contributed by atoms with van der Waals surface area (Å²) in [5, 5.41) is 9.04. The summed E-state index contributed by atoms with van der Waals surface area (Å²) in [6, 6.07) is 14.8. The summed E-state index contributed by atoms with van der Waals surface area (Å²) in [7, 11) is 0. The molecule has 1 aliphatic heterocycles. The Hall–Kier alpha value is -1.82. The van der Waals surface area contributed by atoms with Gasteiger partial charge in [-0.15, -0.1) is 0 Å². The topological polar surface area (TPSA) is 50.4 Å². The Kier molecular flexibility index (Phi) is 5.78. The summed E-state index contributed by atoms with van der Waals surface area (Å²) in [6.45, 7) is 1.67. The lowest BCUT2D eigenvalue weighted by atomic mass is 10.2. The van der Waals surface area contributed by atoms with Crippen LogP contribution in [0, 0.1) is 0 Å². The third-order valence-corrected chi connectivity index (χ3v) is 4.94. The number of halogens is 2. The van der Waals surface area contributed by atoms with Crippen LogP contribution < -0.4 is 15.4 Å². The van der Waals surface area contributed by atoms with E-state index in [9.17, 15) is 4.79 Å². The van der Waals surface area contributed by atoms with Crippen molar-refractivity contribution < 1.29 is 9.53 Å². The Morgan fingerprint density at radius 3 is 2.72 bits per heavy atom. The van der Waals surface area contributed by atoms with Gasteiger partial charge in [-0.05, 0) is 36.1 Å². The molecule has 1 heterocycles. The highest BCUT2D eigenvalue weighted by molar-refractivity contribution is 8.03.